The number of ketones is 1. The van der Waals surface area contributed by atoms with E-state index in [4.69, 9.17) is 9.15 Å². The van der Waals surface area contributed by atoms with Crippen molar-refractivity contribution < 1.29 is 23.5 Å². The summed E-state index contributed by atoms with van der Waals surface area (Å²) in [5, 5.41) is 0.850. The van der Waals surface area contributed by atoms with Crippen LogP contribution >= 0.6 is 23.1 Å². The van der Waals surface area contributed by atoms with Crippen LogP contribution in [0.4, 0.5) is 0 Å². The third kappa shape index (κ3) is 4.16. The quantitative estimate of drug-likeness (QED) is 0.408. The SMILES string of the molecule is COc1cccc2cc(C(=O)N3CCC4(CC3)CCN(C(=O)c3sc(SC)c5c3CCCC5=O)C4)oc12. The molecule has 0 N–H and O–H groups in total. The van der Waals surface area contributed by atoms with Gasteiger partial charge in [0.15, 0.2) is 22.9 Å². The number of likely N-dealkylation sites (tertiary alicyclic amines) is 2. The van der Waals surface area contributed by atoms with E-state index in [1.807, 2.05) is 34.3 Å². The molecule has 0 atom stereocenters. The molecule has 3 aromatic rings. The second-order valence-corrected chi connectivity index (χ2v) is 12.4. The van der Waals surface area contributed by atoms with E-state index in [2.05, 4.69) is 0 Å². The number of rotatable bonds is 4. The smallest absolute Gasteiger partial charge is 0.289 e. The molecule has 6 rings (SSSR count). The summed E-state index contributed by atoms with van der Waals surface area (Å²) in [5.41, 5.74) is 2.41. The van der Waals surface area contributed by atoms with Crippen molar-refractivity contribution in [3.63, 3.8) is 0 Å². The van der Waals surface area contributed by atoms with Gasteiger partial charge in [0.05, 0.1) is 16.2 Å². The van der Waals surface area contributed by atoms with Gasteiger partial charge in [-0.25, -0.2) is 0 Å². The zero-order chi connectivity index (χ0) is 25.7. The Morgan fingerprint density at radius 1 is 1.08 bits per heavy atom. The van der Waals surface area contributed by atoms with Gasteiger partial charge in [-0.1, -0.05) is 12.1 Å². The molecule has 3 aliphatic rings. The fraction of sp³-hybridized carbons (Fsp3) is 0.464. The van der Waals surface area contributed by atoms with Crippen molar-refractivity contribution >= 4 is 51.7 Å². The first-order chi connectivity index (χ1) is 17.9. The van der Waals surface area contributed by atoms with Crippen LogP contribution in [-0.4, -0.2) is 66.9 Å². The van der Waals surface area contributed by atoms with E-state index in [-0.39, 0.29) is 23.0 Å². The molecule has 9 heteroatoms. The summed E-state index contributed by atoms with van der Waals surface area (Å²) in [4.78, 5) is 44.0. The number of fused-ring (bicyclic) bond motifs is 2. The lowest BCUT2D eigenvalue weighted by Gasteiger charge is -2.39. The number of hydrogen-bond donors (Lipinski definition) is 0. The van der Waals surface area contributed by atoms with Gasteiger partial charge in [0.2, 0.25) is 0 Å². The Morgan fingerprint density at radius 3 is 2.57 bits per heavy atom. The lowest BCUT2D eigenvalue weighted by molar-refractivity contribution is 0.0542. The van der Waals surface area contributed by atoms with Gasteiger partial charge in [0.1, 0.15) is 0 Å². The number of carbonyl (C=O) groups is 3. The minimum atomic E-state index is -0.0986. The number of benzene rings is 1. The van der Waals surface area contributed by atoms with Crippen molar-refractivity contribution in [2.75, 3.05) is 39.5 Å². The molecule has 0 unspecified atom stereocenters. The summed E-state index contributed by atoms with van der Waals surface area (Å²) in [6, 6.07) is 7.41. The summed E-state index contributed by atoms with van der Waals surface area (Å²) >= 11 is 3.06. The maximum atomic E-state index is 13.6. The lowest BCUT2D eigenvalue weighted by Crippen LogP contribution is -2.44. The average molecular weight is 539 g/mol. The summed E-state index contributed by atoms with van der Waals surface area (Å²) in [5.74, 6) is 1.10. The number of ether oxygens (including phenoxy) is 1. The molecular weight excluding hydrogens is 508 g/mol. The van der Waals surface area contributed by atoms with Crippen LogP contribution in [0.1, 0.15) is 68.3 Å². The predicted molar refractivity (Wildman–Crippen MR) is 144 cm³/mol. The van der Waals surface area contributed by atoms with Crippen LogP contribution in [0.2, 0.25) is 0 Å². The van der Waals surface area contributed by atoms with Crippen molar-refractivity contribution in [1.29, 1.82) is 0 Å². The van der Waals surface area contributed by atoms with Gasteiger partial charge in [-0.2, -0.15) is 0 Å². The fourth-order valence-electron chi connectivity index (χ4n) is 6.13. The highest BCUT2D eigenvalue weighted by Gasteiger charge is 2.44. The van der Waals surface area contributed by atoms with Gasteiger partial charge in [-0.15, -0.1) is 23.1 Å². The number of methoxy groups -OCH3 is 1. The normalized spacial score (nSPS) is 19.0. The number of furan rings is 1. The number of thiophene rings is 1. The van der Waals surface area contributed by atoms with Crippen LogP contribution in [0.15, 0.2) is 32.9 Å². The number of amides is 2. The maximum absolute atomic E-state index is 13.6. The first kappa shape index (κ1) is 24.6. The van der Waals surface area contributed by atoms with Gasteiger partial charge in [0, 0.05) is 43.5 Å². The van der Waals surface area contributed by atoms with Gasteiger partial charge >= 0.3 is 0 Å². The highest BCUT2D eigenvalue weighted by atomic mass is 32.2. The van der Waals surface area contributed by atoms with Gasteiger partial charge in [-0.3, -0.25) is 14.4 Å². The predicted octanol–water partition coefficient (Wildman–Crippen LogP) is 5.51. The molecule has 0 saturated carbocycles. The number of Topliss-reactive ketones (excluding diaryl/α,β-unsaturated/α-hetero) is 1. The van der Waals surface area contributed by atoms with Gasteiger partial charge in [-0.05, 0) is 61.5 Å². The van der Waals surface area contributed by atoms with E-state index < -0.39 is 0 Å². The molecule has 2 fully saturated rings. The molecule has 0 radical (unpaired) electrons. The van der Waals surface area contributed by atoms with E-state index in [0.29, 0.717) is 43.1 Å². The highest BCUT2D eigenvalue weighted by Crippen LogP contribution is 2.44. The molecule has 2 aliphatic heterocycles. The largest absolute Gasteiger partial charge is 0.493 e. The highest BCUT2D eigenvalue weighted by molar-refractivity contribution is 8.00. The molecule has 1 aromatic carbocycles. The zero-order valence-electron chi connectivity index (χ0n) is 21.1. The third-order valence-corrected chi connectivity index (χ3v) is 10.6. The summed E-state index contributed by atoms with van der Waals surface area (Å²) < 4.78 is 12.2. The molecular formula is C28H30N2O5S2. The van der Waals surface area contributed by atoms with Crippen LogP contribution in [0.3, 0.4) is 0 Å². The number of piperidine rings is 1. The maximum Gasteiger partial charge on any atom is 0.289 e. The number of nitrogens with zero attached hydrogens (tertiary/aromatic N) is 2. The van der Waals surface area contributed by atoms with Gasteiger partial charge in [0.25, 0.3) is 11.8 Å². The van der Waals surface area contributed by atoms with Crippen LogP contribution in [0.5, 0.6) is 5.75 Å². The van der Waals surface area contributed by atoms with Crippen LogP contribution in [-0.2, 0) is 6.42 Å². The molecule has 2 amide bonds. The minimum Gasteiger partial charge on any atom is -0.493 e. The Balaban J connectivity index is 1.13. The monoisotopic (exact) mass is 538 g/mol. The fourth-order valence-corrected chi connectivity index (χ4v) is 8.23. The Morgan fingerprint density at radius 2 is 1.84 bits per heavy atom. The number of para-hydroxylation sites is 1. The van der Waals surface area contributed by atoms with Crippen LogP contribution in [0.25, 0.3) is 11.0 Å². The first-order valence-electron chi connectivity index (χ1n) is 12.8. The lowest BCUT2D eigenvalue weighted by atomic mass is 9.77. The summed E-state index contributed by atoms with van der Waals surface area (Å²) in [6.45, 7) is 2.74. The molecule has 37 heavy (non-hydrogen) atoms. The Bertz CT molecular complexity index is 1400. The Labute approximate surface area is 224 Å². The van der Waals surface area contributed by atoms with Crippen molar-refractivity contribution in [1.82, 2.24) is 9.80 Å². The van der Waals surface area contributed by atoms with Crippen molar-refractivity contribution in [2.45, 2.75) is 42.7 Å². The minimum absolute atomic E-state index is 0.0407. The molecule has 7 nitrogen and oxygen atoms in total. The second-order valence-electron chi connectivity index (χ2n) is 10.3. The number of thioether (sulfide) groups is 1. The average Bonchev–Trinajstić information content (AvgIpc) is 3.64. The van der Waals surface area contributed by atoms with E-state index >= 15 is 0 Å². The van der Waals surface area contributed by atoms with Crippen LogP contribution < -0.4 is 4.74 Å². The molecule has 0 bridgehead atoms. The molecule has 2 aromatic heterocycles. The standard InChI is InChI=1S/C28H30N2O5S2/c1-34-20-8-3-5-17-15-21(35-23(17)20)25(32)29-12-9-28(10-13-29)11-14-30(16-28)26(33)24-18-6-4-7-19(31)22(18)27(36-2)37-24/h3,5,8,15H,4,6-7,9-14,16H2,1-2H3. The van der Waals surface area contributed by atoms with Crippen molar-refractivity contribution in [3.05, 3.63) is 46.0 Å². The zero-order valence-corrected chi connectivity index (χ0v) is 22.8. The Hall–Kier alpha value is -2.78. The Kier molecular flexibility index (Phi) is 6.31. The first-order valence-corrected chi connectivity index (χ1v) is 14.8. The van der Waals surface area contributed by atoms with E-state index in [9.17, 15) is 14.4 Å². The van der Waals surface area contributed by atoms with E-state index in [1.165, 1.54) is 11.3 Å². The van der Waals surface area contributed by atoms with Crippen molar-refractivity contribution in [2.24, 2.45) is 5.41 Å². The second kappa shape index (κ2) is 9.51. The molecule has 1 spiro atoms. The summed E-state index contributed by atoms with van der Waals surface area (Å²) in [7, 11) is 1.59. The molecule has 2 saturated heterocycles. The number of hydrogen-bond acceptors (Lipinski definition) is 7. The summed E-state index contributed by atoms with van der Waals surface area (Å²) in [6.07, 6.45) is 6.86. The van der Waals surface area contributed by atoms with Crippen molar-refractivity contribution in [3.8, 4) is 5.75 Å². The van der Waals surface area contributed by atoms with Crippen LogP contribution in [0, 0.1) is 5.41 Å². The molecule has 194 valence electrons. The number of carbonyl (C=O) groups excluding carboxylic acids is 3. The molecule has 4 heterocycles. The topological polar surface area (TPSA) is 80.1 Å². The third-order valence-electron chi connectivity index (χ3n) is 8.24. The van der Waals surface area contributed by atoms with E-state index in [0.717, 1.165) is 64.2 Å². The van der Waals surface area contributed by atoms with E-state index in [1.54, 1.807) is 24.9 Å². The van der Waals surface area contributed by atoms with Gasteiger partial charge < -0.3 is 19.0 Å². The molecule has 1 aliphatic carbocycles.